The van der Waals surface area contributed by atoms with Crippen LogP contribution in [0, 0.1) is 0 Å². The van der Waals surface area contributed by atoms with Crippen molar-refractivity contribution < 1.29 is 14.0 Å². The van der Waals surface area contributed by atoms with Crippen LogP contribution in [-0.2, 0) is 0 Å². The zero-order valence-corrected chi connectivity index (χ0v) is 21.1. The minimum absolute atomic E-state index is 0.165. The van der Waals surface area contributed by atoms with Gasteiger partial charge < -0.3 is 14.0 Å². The number of methoxy groups -OCH3 is 2. The highest BCUT2D eigenvalue weighted by atomic mass is 31.1. The number of nitrogens with zero attached hydrogens (tertiary/aromatic N) is 3. The number of hydrogen-bond acceptors (Lipinski definition) is 6. The molecule has 0 spiro atoms. The van der Waals surface area contributed by atoms with Crippen LogP contribution in [0.1, 0.15) is 0 Å². The molecule has 0 bridgehead atoms. The van der Waals surface area contributed by atoms with Crippen molar-refractivity contribution in [1.82, 2.24) is 14.4 Å². The number of rotatable bonds is 6. The third-order valence-electron chi connectivity index (χ3n) is 6.10. The molecule has 8 heteroatoms. The van der Waals surface area contributed by atoms with E-state index in [9.17, 15) is 4.79 Å². The zero-order chi connectivity index (χ0) is 25.4. The first-order valence-corrected chi connectivity index (χ1v) is 12.9. The first kappa shape index (κ1) is 23.0. The molecule has 37 heavy (non-hydrogen) atoms. The average Bonchev–Trinajstić information content (AvgIpc) is 2.96. The maximum atomic E-state index is 13.6. The SMILES string of the molecule is COc1ccc(P(Oc2nc3ccccc3n3c(=O)c4ccccc4nc23)c2ccc(OC)cc2)cc1. The van der Waals surface area contributed by atoms with E-state index >= 15 is 0 Å². The summed E-state index contributed by atoms with van der Waals surface area (Å²) >= 11 is 0. The Morgan fingerprint density at radius 3 is 1.86 bits per heavy atom. The molecule has 0 atom stereocenters. The van der Waals surface area contributed by atoms with Crippen LogP contribution in [0.3, 0.4) is 0 Å². The van der Waals surface area contributed by atoms with E-state index in [0.29, 0.717) is 33.5 Å². The summed E-state index contributed by atoms with van der Waals surface area (Å²) in [4.78, 5) is 23.3. The summed E-state index contributed by atoms with van der Waals surface area (Å²) in [6.07, 6.45) is 0. The first-order valence-electron chi connectivity index (χ1n) is 11.6. The number of ether oxygens (including phenoxy) is 2. The van der Waals surface area contributed by atoms with Gasteiger partial charge in [0.2, 0.25) is 5.65 Å². The molecule has 6 rings (SSSR count). The van der Waals surface area contributed by atoms with Crippen molar-refractivity contribution in [2.75, 3.05) is 14.2 Å². The maximum absolute atomic E-state index is 13.6. The summed E-state index contributed by atoms with van der Waals surface area (Å²) < 4.78 is 19.0. The predicted molar refractivity (Wildman–Crippen MR) is 147 cm³/mol. The molecule has 2 heterocycles. The van der Waals surface area contributed by atoms with E-state index < -0.39 is 8.15 Å². The molecular weight excluding hydrogens is 485 g/mol. The molecule has 6 aromatic rings. The van der Waals surface area contributed by atoms with Gasteiger partial charge in [0.1, 0.15) is 11.5 Å². The van der Waals surface area contributed by atoms with Gasteiger partial charge in [-0.05, 0) is 72.8 Å². The molecule has 0 aliphatic rings. The summed E-state index contributed by atoms with van der Waals surface area (Å²) in [5, 5.41) is 2.45. The lowest BCUT2D eigenvalue weighted by Crippen LogP contribution is -2.20. The van der Waals surface area contributed by atoms with Crippen molar-refractivity contribution in [3.63, 3.8) is 0 Å². The van der Waals surface area contributed by atoms with Crippen LogP contribution in [-0.4, -0.2) is 28.6 Å². The van der Waals surface area contributed by atoms with Crippen LogP contribution < -0.4 is 30.2 Å². The average molecular weight is 507 g/mol. The largest absolute Gasteiger partial charge is 0.497 e. The van der Waals surface area contributed by atoms with Crippen molar-refractivity contribution in [3.8, 4) is 17.4 Å². The van der Waals surface area contributed by atoms with Crippen molar-refractivity contribution in [1.29, 1.82) is 0 Å². The summed E-state index contributed by atoms with van der Waals surface area (Å²) in [6, 6.07) is 30.3. The summed E-state index contributed by atoms with van der Waals surface area (Å²) in [5.41, 5.74) is 2.11. The van der Waals surface area contributed by atoms with Gasteiger partial charge in [-0.25, -0.2) is 9.97 Å². The minimum Gasteiger partial charge on any atom is -0.497 e. The molecule has 0 fully saturated rings. The van der Waals surface area contributed by atoms with Gasteiger partial charge in [0.25, 0.3) is 11.4 Å². The third kappa shape index (κ3) is 4.13. The summed E-state index contributed by atoms with van der Waals surface area (Å²) in [5.74, 6) is 1.80. The lowest BCUT2D eigenvalue weighted by molar-refractivity contribution is 0.415. The fraction of sp³-hybridized carbons (Fsp3) is 0.0690. The Morgan fingerprint density at radius 2 is 1.24 bits per heavy atom. The second-order valence-electron chi connectivity index (χ2n) is 8.28. The van der Waals surface area contributed by atoms with Gasteiger partial charge in [-0.2, -0.15) is 0 Å². The fourth-order valence-electron chi connectivity index (χ4n) is 4.24. The Morgan fingerprint density at radius 1 is 0.676 bits per heavy atom. The van der Waals surface area contributed by atoms with Crippen LogP contribution >= 0.6 is 8.15 Å². The van der Waals surface area contributed by atoms with Crippen molar-refractivity contribution in [2.24, 2.45) is 0 Å². The molecule has 4 aromatic carbocycles. The van der Waals surface area contributed by atoms with Crippen molar-refractivity contribution >= 4 is 46.3 Å². The predicted octanol–water partition coefficient (Wildman–Crippen LogP) is 4.84. The molecule has 7 nitrogen and oxygen atoms in total. The monoisotopic (exact) mass is 507 g/mol. The lowest BCUT2D eigenvalue weighted by Gasteiger charge is -2.20. The molecular formula is C29H22N3O4P. The summed E-state index contributed by atoms with van der Waals surface area (Å²) in [7, 11) is 1.90. The molecule has 2 aromatic heterocycles. The topological polar surface area (TPSA) is 75.0 Å². The fourth-order valence-corrected chi connectivity index (χ4v) is 5.89. The van der Waals surface area contributed by atoms with Crippen molar-refractivity contribution in [2.45, 2.75) is 0 Å². The van der Waals surface area contributed by atoms with E-state index in [2.05, 4.69) is 0 Å². The number of aromatic nitrogens is 3. The molecule has 0 unspecified atom stereocenters. The summed E-state index contributed by atoms with van der Waals surface area (Å²) in [6.45, 7) is 0. The Hall–Kier alpha value is -4.48. The van der Waals surface area contributed by atoms with Crippen LogP contribution in [0.15, 0.2) is 102 Å². The van der Waals surface area contributed by atoms with Crippen LogP contribution in [0.2, 0.25) is 0 Å². The highest BCUT2D eigenvalue weighted by Crippen LogP contribution is 2.39. The lowest BCUT2D eigenvalue weighted by atomic mass is 10.2. The van der Waals surface area contributed by atoms with E-state index in [1.807, 2.05) is 91.0 Å². The van der Waals surface area contributed by atoms with Gasteiger partial charge in [0.15, 0.2) is 8.15 Å². The van der Waals surface area contributed by atoms with E-state index in [1.54, 1.807) is 24.7 Å². The normalized spacial score (nSPS) is 11.3. The highest BCUT2D eigenvalue weighted by molar-refractivity contribution is 7.68. The number of para-hydroxylation sites is 3. The van der Waals surface area contributed by atoms with Gasteiger partial charge in [-0.3, -0.25) is 9.20 Å². The Bertz CT molecular complexity index is 1750. The van der Waals surface area contributed by atoms with Crippen LogP contribution in [0.4, 0.5) is 0 Å². The molecule has 0 saturated heterocycles. The maximum Gasteiger partial charge on any atom is 0.266 e. The van der Waals surface area contributed by atoms with Crippen LogP contribution in [0.25, 0.3) is 27.6 Å². The molecule has 0 amide bonds. The van der Waals surface area contributed by atoms with E-state index in [-0.39, 0.29) is 5.56 Å². The Balaban J connectivity index is 1.59. The van der Waals surface area contributed by atoms with Gasteiger partial charge in [0, 0.05) is 10.6 Å². The van der Waals surface area contributed by atoms with E-state index in [0.717, 1.165) is 22.1 Å². The molecule has 182 valence electrons. The molecule has 0 N–H and O–H groups in total. The Kier molecular flexibility index (Phi) is 5.91. The number of benzene rings is 4. The molecule has 0 aliphatic heterocycles. The molecule has 0 aliphatic carbocycles. The second-order valence-corrected chi connectivity index (χ2v) is 10.1. The van der Waals surface area contributed by atoms with Crippen LogP contribution in [0.5, 0.6) is 17.4 Å². The smallest absolute Gasteiger partial charge is 0.266 e. The Labute approximate surface area is 213 Å². The molecule has 0 radical (unpaired) electrons. The minimum atomic E-state index is -1.37. The van der Waals surface area contributed by atoms with Gasteiger partial charge in [-0.1, -0.05) is 24.3 Å². The third-order valence-corrected chi connectivity index (χ3v) is 7.99. The van der Waals surface area contributed by atoms with Gasteiger partial charge >= 0.3 is 0 Å². The van der Waals surface area contributed by atoms with Gasteiger partial charge in [0.05, 0.1) is 36.2 Å². The quantitative estimate of drug-likeness (QED) is 0.183. The molecule has 0 saturated carbocycles. The van der Waals surface area contributed by atoms with E-state index in [4.69, 9.17) is 24.0 Å². The number of fused-ring (bicyclic) bond motifs is 4. The second kappa shape index (κ2) is 9.52. The standard InChI is InChI=1S/C29H22N3O4P/c1-34-19-11-15-21(16-12-19)37(22-17-13-20(35-2)14-18-22)36-28-27-30-24-8-4-3-7-23(24)29(33)32(27)26-10-6-5-9-25(26)31-28/h3-18H,1-2H3. The van der Waals surface area contributed by atoms with Gasteiger partial charge in [-0.15, -0.1) is 0 Å². The zero-order valence-electron chi connectivity index (χ0n) is 20.2. The highest BCUT2D eigenvalue weighted by Gasteiger charge is 2.22. The number of hydrogen-bond donors (Lipinski definition) is 0. The first-order chi connectivity index (χ1) is 18.2. The van der Waals surface area contributed by atoms with Crippen molar-refractivity contribution in [3.05, 3.63) is 107 Å². The van der Waals surface area contributed by atoms with E-state index in [1.165, 1.54) is 0 Å².